The SMILES string of the molecule is COc1ccccc1-c1cc(F)c(I)cc1F. The molecule has 2 aromatic rings. The molecule has 2 aromatic carbocycles. The fraction of sp³-hybridized carbons (Fsp3) is 0.0769. The predicted octanol–water partition coefficient (Wildman–Crippen LogP) is 4.25. The van der Waals surface area contributed by atoms with E-state index < -0.39 is 11.6 Å². The number of methoxy groups -OCH3 is 1. The summed E-state index contributed by atoms with van der Waals surface area (Å²) in [7, 11) is 1.50. The van der Waals surface area contributed by atoms with Crippen LogP contribution in [0.5, 0.6) is 5.75 Å². The number of halogens is 3. The summed E-state index contributed by atoms with van der Waals surface area (Å²) in [4.78, 5) is 0. The van der Waals surface area contributed by atoms with Crippen LogP contribution in [-0.2, 0) is 0 Å². The van der Waals surface area contributed by atoms with Crippen molar-refractivity contribution in [3.8, 4) is 16.9 Å². The molecule has 0 saturated heterocycles. The Morgan fingerprint density at radius 2 is 1.71 bits per heavy atom. The normalized spacial score (nSPS) is 10.4. The number of hydrogen-bond donors (Lipinski definition) is 0. The van der Waals surface area contributed by atoms with Gasteiger partial charge >= 0.3 is 0 Å². The Hall–Kier alpha value is -1.17. The van der Waals surface area contributed by atoms with E-state index in [4.69, 9.17) is 4.74 Å². The summed E-state index contributed by atoms with van der Waals surface area (Å²) < 4.78 is 32.7. The molecule has 17 heavy (non-hydrogen) atoms. The van der Waals surface area contributed by atoms with Gasteiger partial charge in [0, 0.05) is 11.1 Å². The quantitative estimate of drug-likeness (QED) is 0.584. The van der Waals surface area contributed by atoms with Crippen molar-refractivity contribution in [3.05, 3.63) is 51.6 Å². The first-order valence-corrected chi connectivity index (χ1v) is 5.99. The molecule has 4 heteroatoms. The summed E-state index contributed by atoms with van der Waals surface area (Å²) in [5.41, 5.74) is 0.753. The Balaban J connectivity index is 2.64. The Labute approximate surface area is 112 Å². The molecule has 0 bridgehead atoms. The van der Waals surface area contributed by atoms with Crippen LogP contribution in [0.15, 0.2) is 36.4 Å². The molecule has 0 unspecified atom stereocenters. The Kier molecular flexibility index (Phi) is 3.61. The standard InChI is InChI=1S/C13H9F2IO/c1-17-13-5-3-2-4-8(13)9-6-11(15)12(16)7-10(9)14/h2-7H,1H3. The van der Waals surface area contributed by atoms with E-state index in [1.54, 1.807) is 46.9 Å². The summed E-state index contributed by atoms with van der Waals surface area (Å²) in [6.45, 7) is 0. The van der Waals surface area contributed by atoms with Gasteiger partial charge in [-0.05, 0) is 40.8 Å². The molecule has 0 radical (unpaired) electrons. The molecule has 1 nitrogen and oxygen atoms in total. The summed E-state index contributed by atoms with van der Waals surface area (Å²) in [6, 6.07) is 9.32. The van der Waals surface area contributed by atoms with Gasteiger partial charge in [-0.2, -0.15) is 0 Å². The van der Waals surface area contributed by atoms with E-state index in [-0.39, 0.29) is 9.13 Å². The molecule has 88 valence electrons. The van der Waals surface area contributed by atoms with Crippen molar-refractivity contribution in [1.29, 1.82) is 0 Å². The van der Waals surface area contributed by atoms with Crippen LogP contribution in [0.1, 0.15) is 0 Å². The third-order valence-electron chi connectivity index (χ3n) is 2.41. The molecule has 2 rings (SSSR count). The summed E-state index contributed by atoms with van der Waals surface area (Å²) >= 11 is 1.76. The van der Waals surface area contributed by atoms with E-state index in [1.165, 1.54) is 19.2 Å². The van der Waals surface area contributed by atoms with Gasteiger partial charge in [0.15, 0.2) is 0 Å². The molecular formula is C13H9F2IO. The Morgan fingerprint density at radius 3 is 2.41 bits per heavy atom. The average molecular weight is 346 g/mol. The van der Waals surface area contributed by atoms with Crippen LogP contribution in [-0.4, -0.2) is 7.11 Å². The lowest BCUT2D eigenvalue weighted by Crippen LogP contribution is -1.93. The van der Waals surface area contributed by atoms with Crippen molar-refractivity contribution in [1.82, 2.24) is 0 Å². The topological polar surface area (TPSA) is 9.23 Å². The van der Waals surface area contributed by atoms with E-state index in [0.29, 0.717) is 11.3 Å². The van der Waals surface area contributed by atoms with Gasteiger partial charge in [-0.15, -0.1) is 0 Å². The molecule has 0 N–H and O–H groups in total. The molecule has 0 aliphatic carbocycles. The maximum atomic E-state index is 13.8. The minimum absolute atomic E-state index is 0.209. The van der Waals surface area contributed by atoms with Gasteiger partial charge in [0.25, 0.3) is 0 Å². The molecule has 0 aliphatic rings. The van der Waals surface area contributed by atoms with Crippen LogP contribution in [0.4, 0.5) is 8.78 Å². The van der Waals surface area contributed by atoms with Gasteiger partial charge in [0.2, 0.25) is 0 Å². The maximum Gasteiger partial charge on any atom is 0.137 e. The predicted molar refractivity (Wildman–Crippen MR) is 71.1 cm³/mol. The Morgan fingerprint density at radius 1 is 1.00 bits per heavy atom. The largest absolute Gasteiger partial charge is 0.496 e. The third-order valence-corrected chi connectivity index (χ3v) is 3.23. The molecule has 0 amide bonds. The van der Waals surface area contributed by atoms with Crippen molar-refractivity contribution >= 4 is 22.6 Å². The summed E-state index contributed by atoms with van der Waals surface area (Å²) in [5, 5.41) is 0. The lowest BCUT2D eigenvalue weighted by molar-refractivity contribution is 0.416. The number of para-hydroxylation sites is 1. The van der Waals surface area contributed by atoms with E-state index in [9.17, 15) is 8.78 Å². The zero-order chi connectivity index (χ0) is 12.4. The summed E-state index contributed by atoms with van der Waals surface area (Å²) in [5.74, 6) is -0.375. The number of benzene rings is 2. The van der Waals surface area contributed by atoms with Gasteiger partial charge in [-0.1, -0.05) is 18.2 Å². The van der Waals surface area contributed by atoms with Crippen molar-refractivity contribution in [3.63, 3.8) is 0 Å². The van der Waals surface area contributed by atoms with Gasteiger partial charge in [0.1, 0.15) is 17.4 Å². The highest BCUT2D eigenvalue weighted by atomic mass is 127. The van der Waals surface area contributed by atoms with Crippen LogP contribution >= 0.6 is 22.6 Å². The smallest absolute Gasteiger partial charge is 0.137 e. The molecule has 0 aliphatic heterocycles. The second-order valence-electron chi connectivity index (χ2n) is 3.45. The zero-order valence-electron chi connectivity index (χ0n) is 9.01. The minimum atomic E-state index is -0.458. The summed E-state index contributed by atoms with van der Waals surface area (Å²) in [6.07, 6.45) is 0. The second kappa shape index (κ2) is 5.00. The number of hydrogen-bond acceptors (Lipinski definition) is 1. The van der Waals surface area contributed by atoms with Crippen molar-refractivity contribution in [2.75, 3.05) is 7.11 Å². The fourth-order valence-electron chi connectivity index (χ4n) is 1.60. The maximum absolute atomic E-state index is 13.8. The zero-order valence-corrected chi connectivity index (χ0v) is 11.2. The molecule has 0 fully saturated rings. The second-order valence-corrected chi connectivity index (χ2v) is 4.61. The highest BCUT2D eigenvalue weighted by Crippen LogP contribution is 2.32. The molecule has 0 spiro atoms. The van der Waals surface area contributed by atoms with Gasteiger partial charge in [0.05, 0.1) is 10.7 Å². The van der Waals surface area contributed by atoms with Crippen molar-refractivity contribution in [2.45, 2.75) is 0 Å². The van der Waals surface area contributed by atoms with Crippen LogP contribution in [0.2, 0.25) is 0 Å². The van der Waals surface area contributed by atoms with E-state index in [2.05, 4.69) is 0 Å². The molecule has 0 atom stereocenters. The lowest BCUT2D eigenvalue weighted by atomic mass is 10.0. The first kappa shape index (κ1) is 12.3. The van der Waals surface area contributed by atoms with Crippen LogP contribution in [0, 0.1) is 15.2 Å². The van der Waals surface area contributed by atoms with Crippen LogP contribution in [0.3, 0.4) is 0 Å². The van der Waals surface area contributed by atoms with Crippen molar-refractivity contribution < 1.29 is 13.5 Å². The van der Waals surface area contributed by atoms with Crippen LogP contribution in [0.25, 0.3) is 11.1 Å². The first-order chi connectivity index (χ1) is 8.13. The van der Waals surface area contributed by atoms with E-state index in [0.717, 1.165) is 0 Å². The minimum Gasteiger partial charge on any atom is -0.496 e. The molecule has 0 heterocycles. The molecule has 0 saturated carbocycles. The first-order valence-electron chi connectivity index (χ1n) is 4.91. The monoisotopic (exact) mass is 346 g/mol. The third kappa shape index (κ3) is 2.41. The fourth-order valence-corrected chi connectivity index (χ4v) is 2.03. The Bertz CT molecular complexity index is 555. The molecular weight excluding hydrogens is 337 g/mol. The highest BCUT2D eigenvalue weighted by Gasteiger charge is 2.13. The highest BCUT2D eigenvalue weighted by molar-refractivity contribution is 14.1. The van der Waals surface area contributed by atoms with Crippen molar-refractivity contribution in [2.24, 2.45) is 0 Å². The van der Waals surface area contributed by atoms with Gasteiger partial charge < -0.3 is 4.74 Å². The van der Waals surface area contributed by atoms with E-state index >= 15 is 0 Å². The average Bonchev–Trinajstić information content (AvgIpc) is 2.34. The van der Waals surface area contributed by atoms with Crippen LogP contribution < -0.4 is 4.74 Å². The number of ether oxygens (including phenoxy) is 1. The van der Waals surface area contributed by atoms with E-state index in [1.807, 2.05) is 0 Å². The molecule has 0 aromatic heterocycles. The van der Waals surface area contributed by atoms with Gasteiger partial charge in [-0.25, -0.2) is 8.78 Å². The van der Waals surface area contributed by atoms with Gasteiger partial charge in [-0.3, -0.25) is 0 Å². The lowest BCUT2D eigenvalue weighted by Gasteiger charge is -2.09. The number of rotatable bonds is 2.